The van der Waals surface area contributed by atoms with Crippen LogP contribution in [-0.2, 0) is 5.54 Å². The molecular weight excluding hydrogens is 222 g/mol. The minimum atomic E-state index is -0.566. The molecule has 2 rings (SSSR count). The van der Waals surface area contributed by atoms with Gasteiger partial charge in [-0.1, -0.05) is 5.16 Å². The van der Waals surface area contributed by atoms with Gasteiger partial charge >= 0.3 is 0 Å². The number of nitrogens with two attached hydrogens (primary N) is 1. The van der Waals surface area contributed by atoms with Gasteiger partial charge in [-0.15, -0.1) is 11.3 Å². The lowest BCUT2D eigenvalue weighted by atomic mass is 10.1. The molecule has 0 fully saturated rings. The highest BCUT2D eigenvalue weighted by Crippen LogP contribution is 2.30. The van der Waals surface area contributed by atoms with E-state index >= 15 is 0 Å². The Morgan fingerprint density at radius 1 is 1.38 bits per heavy atom. The Morgan fingerprint density at radius 3 is 2.50 bits per heavy atom. The average molecular weight is 237 g/mol. The van der Waals surface area contributed by atoms with E-state index in [2.05, 4.69) is 30.1 Å². The van der Waals surface area contributed by atoms with Crippen LogP contribution in [0.2, 0.25) is 0 Å². The molecule has 2 N–H and O–H groups in total. The molecule has 0 saturated carbocycles. The Bertz CT molecular complexity index is 488. The molecule has 0 amide bonds. The molecule has 86 valence electrons. The van der Waals surface area contributed by atoms with Crippen LogP contribution in [-0.4, -0.2) is 10.1 Å². The maximum atomic E-state index is 5.90. The van der Waals surface area contributed by atoms with Crippen molar-refractivity contribution in [2.24, 2.45) is 5.73 Å². The molecule has 4 nitrogen and oxygen atoms in total. The molecule has 0 aliphatic rings. The number of hydrogen-bond acceptors (Lipinski definition) is 5. The normalized spacial score (nSPS) is 12.1. The Hall–Kier alpha value is -1.20. The van der Waals surface area contributed by atoms with Gasteiger partial charge in [0.1, 0.15) is 0 Å². The molecule has 16 heavy (non-hydrogen) atoms. The van der Waals surface area contributed by atoms with Gasteiger partial charge in [-0.2, -0.15) is 4.98 Å². The predicted molar refractivity (Wildman–Crippen MR) is 64.3 cm³/mol. The third-order valence-corrected chi connectivity index (χ3v) is 3.52. The molecule has 0 bridgehead atoms. The first kappa shape index (κ1) is 11.3. The van der Waals surface area contributed by atoms with Crippen LogP contribution in [0.3, 0.4) is 0 Å². The van der Waals surface area contributed by atoms with E-state index in [0.717, 1.165) is 4.88 Å². The zero-order chi connectivity index (χ0) is 11.9. The molecule has 0 spiro atoms. The van der Waals surface area contributed by atoms with Crippen molar-refractivity contribution in [3.63, 3.8) is 0 Å². The number of aromatic nitrogens is 2. The third kappa shape index (κ3) is 2.01. The lowest BCUT2D eigenvalue weighted by Crippen LogP contribution is -2.30. The van der Waals surface area contributed by atoms with Crippen LogP contribution < -0.4 is 5.73 Å². The Kier molecular flexibility index (Phi) is 2.59. The highest BCUT2D eigenvalue weighted by molar-refractivity contribution is 7.15. The van der Waals surface area contributed by atoms with E-state index in [-0.39, 0.29) is 0 Å². The average Bonchev–Trinajstić information content (AvgIpc) is 2.73. The minimum absolute atomic E-state index is 0.534. The zero-order valence-electron chi connectivity index (χ0n) is 9.87. The summed E-state index contributed by atoms with van der Waals surface area (Å²) in [5, 5.41) is 3.90. The van der Waals surface area contributed by atoms with Crippen molar-refractivity contribution in [3.05, 3.63) is 22.3 Å². The first-order valence-corrected chi connectivity index (χ1v) is 5.90. The van der Waals surface area contributed by atoms with E-state index < -0.39 is 5.54 Å². The highest BCUT2D eigenvalue weighted by atomic mass is 32.1. The second-order valence-electron chi connectivity index (χ2n) is 4.49. The highest BCUT2D eigenvalue weighted by Gasteiger charge is 2.22. The van der Waals surface area contributed by atoms with Crippen molar-refractivity contribution < 1.29 is 4.52 Å². The Balaban J connectivity index is 2.39. The van der Waals surface area contributed by atoms with Crippen molar-refractivity contribution in [1.82, 2.24) is 10.1 Å². The van der Waals surface area contributed by atoms with Gasteiger partial charge in [0.25, 0.3) is 5.89 Å². The standard InChI is InChI=1S/C11H15N3OS/c1-6-5-8(16-7(6)2)9-13-10(14-15-9)11(3,4)12/h5H,12H2,1-4H3. The van der Waals surface area contributed by atoms with Gasteiger partial charge in [-0.3, -0.25) is 0 Å². The molecule has 0 aliphatic heterocycles. The van der Waals surface area contributed by atoms with E-state index in [1.807, 2.05) is 13.8 Å². The molecule has 0 atom stereocenters. The largest absolute Gasteiger partial charge is 0.333 e. The molecule has 0 saturated heterocycles. The molecule has 2 aromatic heterocycles. The number of nitrogens with zero attached hydrogens (tertiary/aromatic N) is 2. The van der Waals surface area contributed by atoms with Crippen LogP contribution in [0.4, 0.5) is 0 Å². The molecule has 0 aromatic carbocycles. The summed E-state index contributed by atoms with van der Waals surface area (Å²) < 4.78 is 5.21. The summed E-state index contributed by atoms with van der Waals surface area (Å²) in [5.41, 5.74) is 6.58. The number of thiophene rings is 1. The maximum Gasteiger partial charge on any atom is 0.268 e. The van der Waals surface area contributed by atoms with Crippen LogP contribution in [0, 0.1) is 13.8 Å². The van der Waals surface area contributed by atoms with Crippen LogP contribution in [0.1, 0.15) is 30.1 Å². The third-order valence-electron chi connectivity index (χ3n) is 2.38. The van der Waals surface area contributed by atoms with E-state index in [0.29, 0.717) is 11.7 Å². The van der Waals surface area contributed by atoms with Gasteiger partial charge in [0.15, 0.2) is 5.82 Å². The summed E-state index contributed by atoms with van der Waals surface area (Å²) in [6.45, 7) is 7.85. The number of hydrogen-bond donors (Lipinski definition) is 1. The molecule has 0 radical (unpaired) electrons. The first-order chi connectivity index (χ1) is 7.38. The molecule has 2 aromatic rings. The fraction of sp³-hybridized carbons (Fsp3) is 0.455. The second kappa shape index (κ2) is 3.68. The van der Waals surface area contributed by atoms with Gasteiger partial charge in [-0.05, 0) is 39.3 Å². The van der Waals surface area contributed by atoms with Crippen molar-refractivity contribution in [1.29, 1.82) is 0 Å². The topological polar surface area (TPSA) is 64.9 Å². The second-order valence-corrected chi connectivity index (χ2v) is 5.75. The van der Waals surface area contributed by atoms with Gasteiger partial charge < -0.3 is 10.3 Å². The first-order valence-electron chi connectivity index (χ1n) is 5.08. The monoisotopic (exact) mass is 237 g/mol. The fourth-order valence-electron chi connectivity index (χ4n) is 1.26. The smallest absolute Gasteiger partial charge is 0.268 e. The Morgan fingerprint density at radius 2 is 2.06 bits per heavy atom. The summed E-state index contributed by atoms with van der Waals surface area (Å²) in [6, 6.07) is 2.06. The van der Waals surface area contributed by atoms with Crippen molar-refractivity contribution in [2.75, 3.05) is 0 Å². The molecular formula is C11H15N3OS. The van der Waals surface area contributed by atoms with Gasteiger partial charge in [0.2, 0.25) is 0 Å². The summed E-state index contributed by atoms with van der Waals surface area (Å²) in [6.07, 6.45) is 0. The number of rotatable bonds is 2. The summed E-state index contributed by atoms with van der Waals surface area (Å²) >= 11 is 1.65. The minimum Gasteiger partial charge on any atom is -0.333 e. The lowest BCUT2D eigenvalue weighted by molar-refractivity contribution is 0.397. The van der Waals surface area contributed by atoms with Crippen LogP contribution in [0.25, 0.3) is 10.8 Å². The van der Waals surface area contributed by atoms with Crippen LogP contribution in [0.5, 0.6) is 0 Å². The predicted octanol–water partition coefficient (Wildman–Crippen LogP) is 2.61. The molecule has 0 unspecified atom stereocenters. The van der Waals surface area contributed by atoms with E-state index in [1.54, 1.807) is 11.3 Å². The zero-order valence-corrected chi connectivity index (χ0v) is 10.7. The molecule has 0 aliphatic carbocycles. The summed E-state index contributed by atoms with van der Waals surface area (Å²) in [5.74, 6) is 1.08. The SMILES string of the molecule is Cc1cc(-c2nc(C(C)(C)N)no2)sc1C. The Labute approximate surface area is 98.5 Å². The van der Waals surface area contributed by atoms with Crippen LogP contribution in [0.15, 0.2) is 10.6 Å². The quantitative estimate of drug-likeness (QED) is 0.872. The molecule has 5 heteroatoms. The van der Waals surface area contributed by atoms with Crippen molar-refractivity contribution in [2.45, 2.75) is 33.2 Å². The summed E-state index contributed by atoms with van der Waals surface area (Å²) in [4.78, 5) is 6.58. The number of aryl methyl sites for hydroxylation is 2. The lowest BCUT2D eigenvalue weighted by Gasteiger charge is -2.11. The van der Waals surface area contributed by atoms with E-state index in [1.165, 1.54) is 10.4 Å². The molecule has 2 heterocycles. The van der Waals surface area contributed by atoms with Crippen molar-refractivity contribution >= 4 is 11.3 Å². The van der Waals surface area contributed by atoms with Gasteiger partial charge in [0.05, 0.1) is 10.4 Å². The van der Waals surface area contributed by atoms with E-state index in [9.17, 15) is 0 Å². The summed E-state index contributed by atoms with van der Waals surface area (Å²) in [7, 11) is 0. The van der Waals surface area contributed by atoms with Crippen LogP contribution >= 0.6 is 11.3 Å². The van der Waals surface area contributed by atoms with Gasteiger partial charge in [0, 0.05) is 4.88 Å². The van der Waals surface area contributed by atoms with Gasteiger partial charge in [-0.25, -0.2) is 0 Å². The fourth-order valence-corrected chi connectivity index (χ4v) is 2.22. The van der Waals surface area contributed by atoms with E-state index in [4.69, 9.17) is 10.3 Å². The van der Waals surface area contributed by atoms with Crippen molar-refractivity contribution in [3.8, 4) is 10.8 Å². The maximum absolute atomic E-state index is 5.90.